The van der Waals surface area contributed by atoms with Gasteiger partial charge in [-0.2, -0.15) is 8.42 Å². The first-order chi connectivity index (χ1) is 9.81. The second-order valence-electron chi connectivity index (χ2n) is 4.01. The second-order valence-corrected chi connectivity index (χ2v) is 5.60. The zero-order valence-electron chi connectivity index (χ0n) is 10.4. The standard InChI is InChI=1S/C12H10FN3O4S/c13-9-2-1-5-15-11(9)21(19,20)16-10-6-7(14)3-4-8(10)12(17)18/h1-6,16H,14H2,(H,17,18). The Balaban J connectivity index is 2.49. The van der Waals surface area contributed by atoms with E-state index in [-0.39, 0.29) is 16.9 Å². The molecule has 0 amide bonds. The van der Waals surface area contributed by atoms with Crippen LogP contribution in [0.4, 0.5) is 15.8 Å². The molecule has 0 saturated carbocycles. The van der Waals surface area contributed by atoms with Gasteiger partial charge in [0.1, 0.15) is 0 Å². The number of sulfonamides is 1. The van der Waals surface area contributed by atoms with Crippen molar-refractivity contribution in [3.63, 3.8) is 0 Å². The van der Waals surface area contributed by atoms with E-state index in [1.807, 2.05) is 4.72 Å². The number of carboxylic acids is 1. The third-order valence-corrected chi connectivity index (χ3v) is 3.80. The summed E-state index contributed by atoms with van der Waals surface area (Å²) in [6.45, 7) is 0. The van der Waals surface area contributed by atoms with Gasteiger partial charge in [-0.3, -0.25) is 4.72 Å². The van der Waals surface area contributed by atoms with Crippen molar-refractivity contribution in [3.05, 3.63) is 47.9 Å². The molecule has 0 bridgehead atoms. The smallest absolute Gasteiger partial charge is 0.337 e. The molecule has 9 heteroatoms. The summed E-state index contributed by atoms with van der Waals surface area (Å²) in [5.74, 6) is -2.40. The Labute approximate surface area is 119 Å². The summed E-state index contributed by atoms with van der Waals surface area (Å²) in [6.07, 6.45) is 1.11. The minimum absolute atomic E-state index is 0.152. The molecule has 21 heavy (non-hydrogen) atoms. The molecular formula is C12H10FN3O4S. The molecular weight excluding hydrogens is 301 g/mol. The third-order valence-electron chi connectivity index (χ3n) is 2.50. The van der Waals surface area contributed by atoms with E-state index in [2.05, 4.69) is 4.98 Å². The molecule has 0 aliphatic heterocycles. The topological polar surface area (TPSA) is 122 Å². The Morgan fingerprint density at radius 3 is 2.67 bits per heavy atom. The maximum atomic E-state index is 13.5. The van der Waals surface area contributed by atoms with Crippen molar-refractivity contribution < 1.29 is 22.7 Å². The Kier molecular flexibility index (Phi) is 3.76. The van der Waals surface area contributed by atoms with Gasteiger partial charge in [0.05, 0.1) is 11.3 Å². The molecule has 0 atom stereocenters. The Morgan fingerprint density at radius 1 is 1.33 bits per heavy atom. The minimum Gasteiger partial charge on any atom is -0.478 e. The van der Waals surface area contributed by atoms with Crippen LogP contribution in [0.2, 0.25) is 0 Å². The summed E-state index contributed by atoms with van der Waals surface area (Å²) in [5.41, 5.74) is 5.06. The van der Waals surface area contributed by atoms with E-state index in [1.165, 1.54) is 12.1 Å². The fourth-order valence-corrected chi connectivity index (χ4v) is 2.67. The molecule has 0 aliphatic carbocycles. The van der Waals surface area contributed by atoms with Crippen LogP contribution in [0.3, 0.4) is 0 Å². The number of rotatable bonds is 4. The van der Waals surface area contributed by atoms with Crippen molar-refractivity contribution in [1.29, 1.82) is 0 Å². The third kappa shape index (κ3) is 3.08. The van der Waals surface area contributed by atoms with Crippen molar-refractivity contribution in [2.24, 2.45) is 0 Å². The van der Waals surface area contributed by atoms with Gasteiger partial charge in [0.15, 0.2) is 5.82 Å². The number of anilines is 2. The summed E-state index contributed by atoms with van der Waals surface area (Å²) >= 11 is 0. The monoisotopic (exact) mass is 311 g/mol. The number of halogens is 1. The number of carboxylic acid groups (broad SMARTS) is 1. The zero-order valence-corrected chi connectivity index (χ0v) is 11.3. The largest absolute Gasteiger partial charge is 0.478 e. The van der Waals surface area contributed by atoms with Crippen LogP contribution in [0.1, 0.15) is 10.4 Å². The fraction of sp³-hybridized carbons (Fsp3) is 0. The average molecular weight is 311 g/mol. The lowest BCUT2D eigenvalue weighted by molar-refractivity contribution is 0.0698. The first-order valence-corrected chi connectivity index (χ1v) is 7.06. The highest BCUT2D eigenvalue weighted by atomic mass is 32.2. The van der Waals surface area contributed by atoms with Crippen LogP contribution in [0, 0.1) is 5.82 Å². The average Bonchev–Trinajstić information content (AvgIpc) is 2.38. The van der Waals surface area contributed by atoms with Crippen LogP contribution >= 0.6 is 0 Å². The molecule has 0 spiro atoms. The summed E-state index contributed by atoms with van der Waals surface area (Å²) < 4.78 is 39.6. The molecule has 2 aromatic rings. The van der Waals surface area contributed by atoms with E-state index in [4.69, 9.17) is 10.8 Å². The number of benzene rings is 1. The quantitative estimate of drug-likeness (QED) is 0.731. The van der Waals surface area contributed by atoms with Crippen molar-refractivity contribution in [1.82, 2.24) is 4.98 Å². The number of hydrogen-bond acceptors (Lipinski definition) is 5. The maximum Gasteiger partial charge on any atom is 0.337 e. The molecule has 2 rings (SSSR count). The summed E-state index contributed by atoms with van der Waals surface area (Å²) in [5, 5.41) is 8.18. The van der Waals surface area contributed by atoms with Crippen LogP contribution in [-0.2, 0) is 10.0 Å². The van der Waals surface area contributed by atoms with E-state index >= 15 is 0 Å². The van der Waals surface area contributed by atoms with Gasteiger partial charge < -0.3 is 10.8 Å². The number of aromatic carboxylic acids is 1. The summed E-state index contributed by atoms with van der Waals surface area (Å²) in [4.78, 5) is 14.5. The molecule has 110 valence electrons. The number of hydrogen-bond donors (Lipinski definition) is 3. The molecule has 4 N–H and O–H groups in total. The fourth-order valence-electron chi connectivity index (χ4n) is 1.59. The number of nitrogens with two attached hydrogens (primary N) is 1. The van der Waals surface area contributed by atoms with Crippen molar-refractivity contribution in [2.75, 3.05) is 10.5 Å². The zero-order chi connectivity index (χ0) is 15.6. The van der Waals surface area contributed by atoms with E-state index in [0.29, 0.717) is 0 Å². The number of nitrogens with zero attached hydrogens (tertiary/aromatic N) is 1. The van der Waals surface area contributed by atoms with E-state index in [9.17, 15) is 17.6 Å². The Hall–Kier alpha value is -2.68. The van der Waals surface area contributed by atoms with E-state index in [1.54, 1.807) is 0 Å². The highest BCUT2D eigenvalue weighted by Crippen LogP contribution is 2.23. The highest BCUT2D eigenvalue weighted by Gasteiger charge is 2.23. The van der Waals surface area contributed by atoms with Crippen LogP contribution in [0.5, 0.6) is 0 Å². The lowest BCUT2D eigenvalue weighted by Gasteiger charge is -2.11. The normalized spacial score (nSPS) is 11.1. The van der Waals surface area contributed by atoms with Crippen molar-refractivity contribution >= 4 is 27.4 Å². The van der Waals surface area contributed by atoms with Gasteiger partial charge in [-0.1, -0.05) is 0 Å². The Morgan fingerprint density at radius 2 is 2.05 bits per heavy atom. The molecule has 0 aliphatic rings. The lowest BCUT2D eigenvalue weighted by atomic mass is 10.1. The van der Waals surface area contributed by atoms with E-state index in [0.717, 1.165) is 24.4 Å². The lowest BCUT2D eigenvalue weighted by Crippen LogP contribution is -2.18. The number of nitrogens with one attached hydrogen (secondary N) is 1. The number of carbonyl (C=O) groups is 1. The summed E-state index contributed by atoms with van der Waals surface area (Å²) in [6, 6.07) is 5.74. The predicted octanol–water partition coefficient (Wildman–Crippen LogP) is 1.30. The molecule has 0 unspecified atom stereocenters. The molecule has 1 aromatic carbocycles. The van der Waals surface area contributed by atoms with Crippen LogP contribution in [0.15, 0.2) is 41.6 Å². The SMILES string of the molecule is Nc1ccc(C(=O)O)c(NS(=O)(=O)c2ncccc2F)c1. The predicted molar refractivity (Wildman–Crippen MR) is 72.8 cm³/mol. The molecule has 1 heterocycles. The van der Waals surface area contributed by atoms with Gasteiger partial charge in [-0.15, -0.1) is 0 Å². The Bertz CT molecular complexity index is 808. The first kappa shape index (κ1) is 14.7. The van der Waals surface area contributed by atoms with Gasteiger partial charge in [-0.05, 0) is 30.3 Å². The molecule has 1 aromatic heterocycles. The molecule has 0 fully saturated rings. The van der Waals surface area contributed by atoms with Crippen molar-refractivity contribution in [3.8, 4) is 0 Å². The second kappa shape index (κ2) is 5.37. The number of aromatic nitrogens is 1. The van der Waals surface area contributed by atoms with Gasteiger partial charge in [0.25, 0.3) is 10.0 Å². The molecule has 7 nitrogen and oxygen atoms in total. The van der Waals surface area contributed by atoms with Crippen molar-refractivity contribution in [2.45, 2.75) is 5.03 Å². The van der Waals surface area contributed by atoms with Gasteiger partial charge in [0, 0.05) is 11.9 Å². The van der Waals surface area contributed by atoms with Crippen LogP contribution < -0.4 is 10.5 Å². The van der Waals surface area contributed by atoms with Gasteiger partial charge in [-0.25, -0.2) is 14.2 Å². The van der Waals surface area contributed by atoms with Gasteiger partial charge in [0.2, 0.25) is 5.03 Å². The van der Waals surface area contributed by atoms with Crippen LogP contribution in [0.25, 0.3) is 0 Å². The maximum absolute atomic E-state index is 13.5. The highest BCUT2D eigenvalue weighted by molar-refractivity contribution is 7.92. The molecule has 0 radical (unpaired) electrons. The van der Waals surface area contributed by atoms with E-state index < -0.39 is 26.8 Å². The first-order valence-electron chi connectivity index (χ1n) is 5.57. The summed E-state index contributed by atoms with van der Waals surface area (Å²) in [7, 11) is -4.37. The number of pyridine rings is 1. The van der Waals surface area contributed by atoms with Gasteiger partial charge >= 0.3 is 5.97 Å². The minimum atomic E-state index is -4.37. The number of nitrogen functional groups attached to an aromatic ring is 1. The molecule has 0 saturated heterocycles. The van der Waals surface area contributed by atoms with Crippen LogP contribution in [-0.4, -0.2) is 24.5 Å².